The molecule has 0 aliphatic heterocycles. The largest absolute Gasteiger partial charge is 0.393 e. The molecule has 0 saturated carbocycles. The van der Waals surface area contributed by atoms with E-state index in [4.69, 9.17) is 0 Å². The van der Waals surface area contributed by atoms with Crippen molar-refractivity contribution in [2.24, 2.45) is 14.1 Å². The predicted molar refractivity (Wildman–Crippen MR) is 75.7 cm³/mol. The van der Waals surface area contributed by atoms with Crippen LogP contribution in [0.2, 0.25) is 0 Å². The number of aryl methyl sites for hydroxylation is 2. The fourth-order valence-electron chi connectivity index (χ4n) is 2.29. The van der Waals surface area contributed by atoms with E-state index in [-0.39, 0.29) is 17.4 Å². The fraction of sp³-hybridized carbons (Fsp3) is 0.615. The van der Waals surface area contributed by atoms with Crippen LogP contribution in [-0.4, -0.2) is 29.9 Å². The molecule has 2 aromatic heterocycles. The highest BCUT2D eigenvalue weighted by Crippen LogP contribution is 2.08. The van der Waals surface area contributed by atoms with Crippen molar-refractivity contribution in [2.75, 3.05) is 0 Å². The number of fused-ring (bicyclic) bond motifs is 1. The maximum atomic E-state index is 12.2. The van der Waals surface area contributed by atoms with Crippen LogP contribution in [0, 0.1) is 0 Å². The van der Waals surface area contributed by atoms with Crippen molar-refractivity contribution in [3.63, 3.8) is 0 Å². The van der Waals surface area contributed by atoms with Crippen molar-refractivity contribution in [1.82, 2.24) is 18.7 Å². The summed E-state index contributed by atoms with van der Waals surface area (Å²) in [6, 6.07) is 0. The molecule has 0 spiro atoms. The Labute approximate surface area is 116 Å². The van der Waals surface area contributed by atoms with Crippen LogP contribution in [0.5, 0.6) is 0 Å². The molecule has 1 N–H and O–H groups in total. The maximum Gasteiger partial charge on any atom is 0.332 e. The van der Waals surface area contributed by atoms with Gasteiger partial charge in [0.15, 0.2) is 11.2 Å². The van der Waals surface area contributed by atoms with Gasteiger partial charge in [0.05, 0.1) is 12.4 Å². The molecule has 2 heterocycles. The molecular weight excluding hydrogens is 260 g/mol. The summed E-state index contributed by atoms with van der Waals surface area (Å²) in [6.45, 7) is 2.41. The van der Waals surface area contributed by atoms with Crippen LogP contribution in [0.15, 0.2) is 15.9 Å². The third-order valence-electron chi connectivity index (χ3n) is 3.49. The average Bonchev–Trinajstić information content (AvgIpc) is 2.82. The molecule has 0 radical (unpaired) electrons. The lowest BCUT2D eigenvalue weighted by molar-refractivity contribution is 0.180. The minimum absolute atomic E-state index is 0.303. The average molecular weight is 280 g/mol. The van der Waals surface area contributed by atoms with Crippen LogP contribution in [0.4, 0.5) is 0 Å². The molecule has 0 saturated heterocycles. The van der Waals surface area contributed by atoms with E-state index in [1.54, 1.807) is 24.9 Å². The van der Waals surface area contributed by atoms with E-state index in [0.717, 1.165) is 23.8 Å². The van der Waals surface area contributed by atoms with Gasteiger partial charge in [0, 0.05) is 20.6 Å². The Morgan fingerprint density at radius 2 is 1.95 bits per heavy atom. The Hall–Kier alpha value is -1.89. The number of aliphatic hydroxyl groups excluding tert-OH is 1. The molecule has 7 heteroatoms. The molecule has 110 valence electrons. The van der Waals surface area contributed by atoms with Gasteiger partial charge in [0.2, 0.25) is 0 Å². The van der Waals surface area contributed by atoms with Crippen LogP contribution in [0.1, 0.15) is 26.2 Å². The third-order valence-corrected chi connectivity index (χ3v) is 3.49. The van der Waals surface area contributed by atoms with Gasteiger partial charge in [-0.2, -0.15) is 0 Å². The number of hydrogen-bond donors (Lipinski definition) is 1. The first-order valence-electron chi connectivity index (χ1n) is 6.72. The second-order valence-electron chi connectivity index (χ2n) is 5.16. The highest BCUT2D eigenvalue weighted by Gasteiger charge is 2.13. The van der Waals surface area contributed by atoms with Gasteiger partial charge in [-0.1, -0.05) is 0 Å². The number of imidazole rings is 1. The first-order chi connectivity index (χ1) is 9.43. The molecule has 20 heavy (non-hydrogen) atoms. The van der Waals surface area contributed by atoms with E-state index in [0.29, 0.717) is 17.7 Å². The summed E-state index contributed by atoms with van der Waals surface area (Å²) in [5, 5.41) is 9.22. The van der Waals surface area contributed by atoms with E-state index in [9.17, 15) is 14.7 Å². The molecule has 0 bridgehead atoms. The number of hydrogen-bond acceptors (Lipinski definition) is 4. The van der Waals surface area contributed by atoms with E-state index in [2.05, 4.69) is 4.98 Å². The quantitative estimate of drug-likeness (QED) is 0.781. The number of unbranched alkanes of at least 4 members (excludes halogenated alkanes) is 1. The monoisotopic (exact) mass is 280 g/mol. The number of rotatable bonds is 5. The smallest absolute Gasteiger partial charge is 0.332 e. The van der Waals surface area contributed by atoms with Crippen LogP contribution < -0.4 is 11.2 Å². The zero-order valence-electron chi connectivity index (χ0n) is 12.0. The zero-order valence-corrected chi connectivity index (χ0v) is 12.0. The Kier molecular flexibility index (Phi) is 4.08. The standard InChI is InChI=1S/C13H20N4O3/c1-9(18)6-4-5-7-17-8-14-11-10(17)12(19)16(3)13(20)15(11)2/h8-9,18H,4-7H2,1-3H3. The van der Waals surface area contributed by atoms with Gasteiger partial charge in [-0.05, 0) is 26.2 Å². The summed E-state index contributed by atoms with van der Waals surface area (Å²) >= 11 is 0. The maximum absolute atomic E-state index is 12.2. The number of aromatic nitrogens is 4. The Bertz CT molecular complexity index is 724. The van der Waals surface area contributed by atoms with E-state index < -0.39 is 0 Å². The van der Waals surface area contributed by atoms with Crippen molar-refractivity contribution in [1.29, 1.82) is 0 Å². The topological polar surface area (TPSA) is 82.1 Å². The summed E-state index contributed by atoms with van der Waals surface area (Å²) in [5.74, 6) is 0. The molecule has 7 nitrogen and oxygen atoms in total. The number of nitrogens with zero attached hydrogens (tertiary/aromatic N) is 4. The lowest BCUT2D eigenvalue weighted by atomic mass is 10.2. The van der Waals surface area contributed by atoms with Gasteiger partial charge in [0.25, 0.3) is 5.56 Å². The van der Waals surface area contributed by atoms with E-state index in [1.807, 2.05) is 0 Å². The van der Waals surface area contributed by atoms with Crippen molar-refractivity contribution in [2.45, 2.75) is 38.8 Å². The molecule has 0 aliphatic carbocycles. The van der Waals surface area contributed by atoms with Crippen molar-refractivity contribution < 1.29 is 5.11 Å². The minimum atomic E-state index is -0.373. The molecule has 0 fully saturated rings. The van der Waals surface area contributed by atoms with Crippen molar-refractivity contribution in [3.05, 3.63) is 27.2 Å². The van der Waals surface area contributed by atoms with Crippen molar-refractivity contribution in [3.8, 4) is 0 Å². The summed E-state index contributed by atoms with van der Waals surface area (Å²) in [4.78, 5) is 28.1. The molecule has 1 atom stereocenters. The predicted octanol–water partition coefficient (Wildman–Crippen LogP) is -0.0152. The highest BCUT2D eigenvalue weighted by molar-refractivity contribution is 5.69. The Morgan fingerprint density at radius 3 is 2.60 bits per heavy atom. The summed E-state index contributed by atoms with van der Waals surface area (Å²) in [6.07, 6.45) is 3.76. The minimum Gasteiger partial charge on any atom is -0.393 e. The second kappa shape index (κ2) is 5.62. The Balaban J connectivity index is 2.33. The molecule has 2 aromatic rings. The highest BCUT2D eigenvalue weighted by atomic mass is 16.3. The molecule has 0 amide bonds. The van der Waals surface area contributed by atoms with Crippen LogP contribution in [0.3, 0.4) is 0 Å². The van der Waals surface area contributed by atoms with E-state index in [1.165, 1.54) is 11.6 Å². The SMILES string of the molecule is CC(O)CCCCn1cnc2c1c(=O)n(C)c(=O)n2C. The van der Waals surface area contributed by atoms with Gasteiger partial charge in [-0.15, -0.1) is 0 Å². The lowest BCUT2D eigenvalue weighted by Gasteiger charge is -2.07. The lowest BCUT2D eigenvalue weighted by Crippen LogP contribution is -2.37. The first-order valence-corrected chi connectivity index (χ1v) is 6.72. The van der Waals surface area contributed by atoms with Crippen molar-refractivity contribution >= 4 is 11.2 Å². The van der Waals surface area contributed by atoms with Gasteiger partial charge in [-0.3, -0.25) is 13.9 Å². The molecular formula is C13H20N4O3. The Morgan fingerprint density at radius 1 is 1.25 bits per heavy atom. The van der Waals surface area contributed by atoms with Gasteiger partial charge >= 0.3 is 5.69 Å². The normalized spacial score (nSPS) is 13.0. The fourth-order valence-corrected chi connectivity index (χ4v) is 2.29. The van der Waals surface area contributed by atoms with Crippen LogP contribution in [0.25, 0.3) is 11.2 Å². The molecule has 2 rings (SSSR count). The summed E-state index contributed by atoms with van der Waals surface area (Å²) in [7, 11) is 3.07. The first kappa shape index (κ1) is 14.5. The van der Waals surface area contributed by atoms with Gasteiger partial charge in [0.1, 0.15) is 0 Å². The van der Waals surface area contributed by atoms with Gasteiger partial charge in [-0.25, -0.2) is 9.78 Å². The zero-order chi connectivity index (χ0) is 14.9. The van der Waals surface area contributed by atoms with Gasteiger partial charge < -0.3 is 9.67 Å². The summed E-state index contributed by atoms with van der Waals surface area (Å²) in [5.41, 5.74) is 0.165. The van der Waals surface area contributed by atoms with Crippen LogP contribution >= 0.6 is 0 Å². The third kappa shape index (κ3) is 2.53. The summed E-state index contributed by atoms with van der Waals surface area (Å²) < 4.78 is 4.25. The van der Waals surface area contributed by atoms with E-state index >= 15 is 0 Å². The number of aliphatic hydroxyl groups is 1. The molecule has 0 aliphatic rings. The van der Waals surface area contributed by atoms with Crippen LogP contribution in [-0.2, 0) is 20.6 Å². The molecule has 1 unspecified atom stereocenters. The second-order valence-corrected chi connectivity index (χ2v) is 5.16. The molecule has 0 aromatic carbocycles.